The lowest BCUT2D eigenvalue weighted by atomic mass is 10.4. The van der Waals surface area contributed by atoms with Crippen LogP contribution in [0.2, 0.25) is 0 Å². The summed E-state index contributed by atoms with van der Waals surface area (Å²) in [4.78, 5) is 16.3. The van der Waals surface area contributed by atoms with E-state index in [1.807, 2.05) is 13.8 Å². The summed E-state index contributed by atoms with van der Waals surface area (Å²) in [5.74, 6) is 0.0684. The molecule has 0 aliphatic carbocycles. The van der Waals surface area contributed by atoms with Gasteiger partial charge in [-0.25, -0.2) is 9.37 Å². The number of nitrogens with zero attached hydrogens (tertiary/aromatic N) is 4. The van der Waals surface area contributed by atoms with Crippen molar-refractivity contribution in [3.05, 3.63) is 35.8 Å². The second-order valence-electron chi connectivity index (χ2n) is 4.32. The average molecular weight is 276 g/mol. The number of aromatic nitrogens is 4. The van der Waals surface area contributed by atoms with E-state index >= 15 is 0 Å². The normalized spacial score (nSPS) is 10.3. The Morgan fingerprint density at radius 3 is 2.65 bits per heavy atom. The van der Waals surface area contributed by atoms with E-state index in [2.05, 4.69) is 30.6 Å². The van der Waals surface area contributed by atoms with Gasteiger partial charge in [0, 0.05) is 12.7 Å². The van der Waals surface area contributed by atoms with Gasteiger partial charge in [-0.05, 0) is 13.3 Å². The quantitative estimate of drug-likeness (QED) is 0.842. The lowest BCUT2D eigenvalue weighted by Crippen LogP contribution is -2.10. The van der Waals surface area contributed by atoms with E-state index in [4.69, 9.17) is 0 Å². The van der Waals surface area contributed by atoms with Crippen molar-refractivity contribution in [1.29, 1.82) is 0 Å². The molecule has 0 atom stereocenters. The zero-order chi connectivity index (χ0) is 14.4. The molecule has 2 heterocycles. The third-order valence-electron chi connectivity index (χ3n) is 2.55. The highest BCUT2D eigenvalue weighted by Gasteiger charge is 2.06. The molecular formula is C13H17FN6. The molecule has 2 aromatic heterocycles. The summed E-state index contributed by atoms with van der Waals surface area (Å²) >= 11 is 0. The second kappa shape index (κ2) is 6.74. The van der Waals surface area contributed by atoms with E-state index in [1.165, 1.54) is 0 Å². The first-order valence-electron chi connectivity index (χ1n) is 6.47. The fraction of sp³-hybridized carbons (Fsp3) is 0.385. The van der Waals surface area contributed by atoms with Gasteiger partial charge in [0.2, 0.25) is 5.95 Å². The van der Waals surface area contributed by atoms with Gasteiger partial charge in [0.05, 0.1) is 30.3 Å². The molecule has 0 radical (unpaired) electrons. The van der Waals surface area contributed by atoms with Crippen LogP contribution in [-0.2, 0) is 6.54 Å². The molecule has 6 nitrogen and oxygen atoms in total. The summed E-state index contributed by atoms with van der Waals surface area (Å²) in [6.45, 7) is 4.99. The van der Waals surface area contributed by atoms with Crippen molar-refractivity contribution in [2.75, 3.05) is 17.2 Å². The van der Waals surface area contributed by atoms with Crippen LogP contribution in [0.4, 0.5) is 16.2 Å². The topological polar surface area (TPSA) is 75.6 Å². The lowest BCUT2D eigenvalue weighted by Gasteiger charge is -2.08. The largest absolute Gasteiger partial charge is 0.362 e. The van der Waals surface area contributed by atoms with E-state index in [0.29, 0.717) is 12.5 Å². The van der Waals surface area contributed by atoms with E-state index < -0.39 is 5.82 Å². The molecule has 0 aromatic carbocycles. The molecule has 2 rings (SSSR count). The number of halogens is 1. The van der Waals surface area contributed by atoms with Crippen molar-refractivity contribution >= 4 is 11.8 Å². The molecule has 0 aliphatic heterocycles. The summed E-state index contributed by atoms with van der Waals surface area (Å²) in [6, 6.07) is 0. The highest BCUT2D eigenvalue weighted by Crippen LogP contribution is 2.12. The van der Waals surface area contributed by atoms with Gasteiger partial charge in [0.15, 0.2) is 11.6 Å². The summed E-state index contributed by atoms with van der Waals surface area (Å²) < 4.78 is 13.6. The second-order valence-corrected chi connectivity index (χ2v) is 4.32. The number of anilines is 2. The minimum atomic E-state index is -0.493. The fourth-order valence-corrected chi connectivity index (χ4v) is 1.50. The Labute approximate surface area is 116 Å². The summed E-state index contributed by atoms with van der Waals surface area (Å²) in [5, 5.41) is 5.91. The standard InChI is InChI=1S/C13H17FN6/c1-3-4-15-13-19-8-11(14)12(20-13)18-7-10-6-16-9(2)5-17-10/h5-6,8H,3-4,7H2,1-2H3,(H2,15,18,19,20). The Morgan fingerprint density at radius 1 is 1.10 bits per heavy atom. The van der Waals surface area contributed by atoms with Gasteiger partial charge >= 0.3 is 0 Å². The van der Waals surface area contributed by atoms with E-state index in [-0.39, 0.29) is 5.82 Å². The maximum absolute atomic E-state index is 13.6. The monoisotopic (exact) mass is 276 g/mol. The van der Waals surface area contributed by atoms with Crippen LogP contribution >= 0.6 is 0 Å². The van der Waals surface area contributed by atoms with E-state index in [9.17, 15) is 4.39 Å². The molecule has 0 unspecified atom stereocenters. The summed E-state index contributed by atoms with van der Waals surface area (Å²) in [6.07, 6.45) is 5.41. The van der Waals surface area contributed by atoms with Crippen LogP contribution in [0.5, 0.6) is 0 Å². The first kappa shape index (κ1) is 14.1. The third-order valence-corrected chi connectivity index (χ3v) is 2.55. The molecule has 0 bridgehead atoms. The van der Waals surface area contributed by atoms with Crippen molar-refractivity contribution in [3.63, 3.8) is 0 Å². The van der Waals surface area contributed by atoms with Crippen molar-refractivity contribution < 1.29 is 4.39 Å². The Morgan fingerprint density at radius 2 is 1.95 bits per heavy atom. The Bertz CT molecular complexity index is 557. The first-order chi connectivity index (χ1) is 9.69. The van der Waals surface area contributed by atoms with E-state index in [0.717, 1.165) is 30.6 Å². The maximum Gasteiger partial charge on any atom is 0.224 e. The maximum atomic E-state index is 13.6. The molecule has 2 N–H and O–H groups in total. The van der Waals surface area contributed by atoms with Gasteiger partial charge < -0.3 is 10.6 Å². The highest BCUT2D eigenvalue weighted by molar-refractivity contribution is 5.41. The van der Waals surface area contributed by atoms with Crippen LogP contribution in [0.15, 0.2) is 18.6 Å². The van der Waals surface area contributed by atoms with Crippen LogP contribution in [0, 0.1) is 12.7 Å². The van der Waals surface area contributed by atoms with Crippen molar-refractivity contribution in [1.82, 2.24) is 19.9 Å². The van der Waals surface area contributed by atoms with Gasteiger partial charge in [-0.1, -0.05) is 6.92 Å². The van der Waals surface area contributed by atoms with Gasteiger partial charge in [0.1, 0.15) is 0 Å². The minimum Gasteiger partial charge on any atom is -0.362 e. The van der Waals surface area contributed by atoms with Crippen LogP contribution < -0.4 is 10.6 Å². The van der Waals surface area contributed by atoms with Crippen molar-refractivity contribution in [3.8, 4) is 0 Å². The predicted molar refractivity (Wildman–Crippen MR) is 74.9 cm³/mol. The molecule has 0 saturated heterocycles. The molecule has 0 spiro atoms. The number of rotatable bonds is 6. The third kappa shape index (κ3) is 3.84. The Balaban J connectivity index is 2.02. The van der Waals surface area contributed by atoms with Gasteiger partial charge in [-0.2, -0.15) is 4.98 Å². The van der Waals surface area contributed by atoms with Gasteiger partial charge in [0.25, 0.3) is 0 Å². The van der Waals surface area contributed by atoms with Gasteiger partial charge in [-0.15, -0.1) is 0 Å². The molecule has 0 saturated carbocycles. The zero-order valence-corrected chi connectivity index (χ0v) is 11.5. The number of hydrogen-bond acceptors (Lipinski definition) is 6. The molecular weight excluding hydrogens is 259 g/mol. The number of nitrogens with one attached hydrogen (secondary N) is 2. The highest BCUT2D eigenvalue weighted by atomic mass is 19.1. The predicted octanol–water partition coefficient (Wildman–Crippen LogP) is 2.15. The van der Waals surface area contributed by atoms with E-state index in [1.54, 1.807) is 12.4 Å². The summed E-state index contributed by atoms with van der Waals surface area (Å²) in [7, 11) is 0. The minimum absolute atomic E-state index is 0.154. The van der Waals surface area contributed by atoms with Crippen LogP contribution in [-0.4, -0.2) is 26.5 Å². The lowest BCUT2D eigenvalue weighted by molar-refractivity contribution is 0.617. The molecule has 7 heteroatoms. The Hall–Kier alpha value is -2.31. The molecule has 0 amide bonds. The first-order valence-corrected chi connectivity index (χ1v) is 6.47. The fourth-order valence-electron chi connectivity index (χ4n) is 1.50. The van der Waals surface area contributed by atoms with Crippen LogP contribution in [0.3, 0.4) is 0 Å². The SMILES string of the molecule is CCCNc1ncc(F)c(NCc2cnc(C)cn2)n1. The van der Waals surface area contributed by atoms with Crippen molar-refractivity contribution in [2.24, 2.45) is 0 Å². The number of aryl methyl sites for hydroxylation is 1. The smallest absolute Gasteiger partial charge is 0.224 e. The van der Waals surface area contributed by atoms with Gasteiger partial charge in [-0.3, -0.25) is 9.97 Å². The van der Waals surface area contributed by atoms with Crippen molar-refractivity contribution in [2.45, 2.75) is 26.8 Å². The summed E-state index contributed by atoms with van der Waals surface area (Å²) in [5.41, 5.74) is 1.56. The molecule has 0 aliphatic rings. The molecule has 20 heavy (non-hydrogen) atoms. The van der Waals surface area contributed by atoms with Crippen LogP contribution in [0.1, 0.15) is 24.7 Å². The van der Waals surface area contributed by atoms with Crippen LogP contribution in [0.25, 0.3) is 0 Å². The Kier molecular flexibility index (Phi) is 4.75. The molecule has 2 aromatic rings. The average Bonchev–Trinajstić information content (AvgIpc) is 2.46. The molecule has 106 valence electrons. The molecule has 0 fully saturated rings. The zero-order valence-electron chi connectivity index (χ0n) is 11.5. The number of hydrogen-bond donors (Lipinski definition) is 2.